The predicted molar refractivity (Wildman–Crippen MR) is 192 cm³/mol. The van der Waals surface area contributed by atoms with E-state index in [1.165, 1.54) is 0 Å². The first-order valence-corrected chi connectivity index (χ1v) is 20.0. The smallest absolute Gasteiger partial charge is 0.217 e. The van der Waals surface area contributed by atoms with Crippen LogP contribution in [0.1, 0.15) is 20.8 Å². The van der Waals surface area contributed by atoms with Crippen LogP contribution in [0.25, 0.3) is 0 Å². The predicted octanol–water partition coefficient (Wildman–Crippen LogP) is -10.3. The second kappa shape index (κ2) is 22.3. The minimum Gasteiger partial charge on any atom is -0.394 e. The molecule has 0 aromatic rings. The molecular weight excluding hydrogens is 850 g/mol. The molecule has 62 heavy (non-hydrogen) atoms. The van der Waals surface area contributed by atoms with Crippen molar-refractivity contribution in [2.75, 3.05) is 33.0 Å². The van der Waals surface area contributed by atoms with Crippen molar-refractivity contribution >= 4 is 5.91 Å². The van der Waals surface area contributed by atoms with Crippen LogP contribution in [-0.2, 0) is 52.2 Å². The Balaban J connectivity index is 1.34. The molecule has 27 heteroatoms. The van der Waals surface area contributed by atoms with Crippen LogP contribution >= 0.6 is 0 Å². The van der Waals surface area contributed by atoms with E-state index in [1.54, 1.807) is 13.8 Å². The Morgan fingerprint density at radius 3 is 1.26 bits per heavy atom. The molecule has 5 aliphatic heterocycles. The maximum absolute atomic E-state index is 12.5. The summed E-state index contributed by atoms with van der Waals surface area (Å²) in [5.74, 6) is -0.799. The maximum atomic E-state index is 12.5. The zero-order chi connectivity index (χ0) is 45.9. The number of ether oxygens (including phenoxy) is 10. The number of amides is 1. The van der Waals surface area contributed by atoms with E-state index >= 15 is 0 Å². The first-order valence-electron chi connectivity index (χ1n) is 20.0. The first-order chi connectivity index (χ1) is 29.3. The van der Waals surface area contributed by atoms with E-state index in [1.807, 2.05) is 0 Å². The Labute approximate surface area is 353 Å². The number of hydrogen-bond acceptors (Lipinski definition) is 26. The molecule has 0 saturated carbocycles. The van der Waals surface area contributed by atoms with Crippen molar-refractivity contribution in [3.05, 3.63) is 0 Å². The SMILES string of the molecule is CC(=O)N[C@H]1C(O[C@@H]2OC(CO)[C@H](O)C(O)[C@@H]2O)[C@@H](O)C(CO)O[C@H]1OC1[C@@H](O)C(CO)O[C@H](O[C@H]2C(CO)O[C@@H](O[C@@H]3C(CO)O[C@@H](OC(C)C)[C@@H](O)C3O)[C@@H](O)C2O)[C@H]1O. The van der Waals surface area contributed by atoms with Gasteiger partial charge < -0.3 is 129 Å². The highest BCUT2D eigenvalue weighted by molar-refractivity contribution is 5.73. The zero-order valence-corrected chi connectivity index (χ0v) is 33.7. The highest BCUT2D eigenvalue weighted by Gasteiger charge is 2.57. The van der Waals surface area contributed by atoms with Gasteiger partial charge in [0.2, 0.25) is 5.91 Å². The van der Waals surface area contributed by atoms with Gasteiger partial charge in [-0.05, 0) is 13.8 Å². The lowest BCUT2D eigenvalue weighted by atomic mass is 9.94. The second-order valence-corrected chi connectivity index (χ2v) is 15.8. The van der Waals surface area contributed by atoms with Gasteiger partial charge in [0.1, 0.15) is 122 Å². The lowest BCUT2D eigenvalue weighted by Crippen LogP contribution is -2.70. The van der Waals surface area contributed by atoms with Gasteiger partial charge in [-0.25, -0.2) is 0 Å². The van der Waals surface area contributed by atoms with E-state index < -0.39 is 199 Å². The fraction of sp³-hybridized carbons (Fsp3) is 0.971. The molecule has 25 atom stereocenters. The molecule has 0 aromatic carbocycles. The van der Waals surface area contributed by atoms with E-state index in [0.717, 1.165) is 6.92 Å². The first kappa shape index (κ1) is 51.5. The number of aliphatic hydroxyl groups is 15. The molecule has 10 unspecified atom stereocenters. The van der Waals surface area contributed by atoms with Gasteiger partial charge in [-0.2, -0.15) is 0 Å². The summed E-state index contributed by atoms with van der Waals surface area (Å²) in [7, 11) is 0. The van der Waals surface area contributed by atoms with Gasteiger partial charge in [0.15, 0.2) is 31.5 Å². The minimum absolute atomic E-state index is 0.460. The molecule has 0 radical (unpaired) electrons. The van der Waals surface area contributed by atoms with Gasteiger partial charge in [0.05, 0.1) is 39.1 Å². The third-order valence-corrected chi connectivity index (χ3v) is 11.1. The molecule has 0 aromatic heterocycles. The summed E-state index contributed by atoms with van der Waals surface area (Å²) in [4.78, 5) is 12.5. The van der Waals surface area contributed by atoms with E-state index in [-0.39, 0.29) is 0 Å². The van der Waals surface area contributed by atoms with Gasteiger partial charge in [-0.15, -0.1) is 0 Å². The highest BCUT2D eigenvalue weighted by atomic mass is 16.8. The molecule has 362 valence electrons. The Hall–Kier alpha value is -1.53. The summed E-state index contributed by atoms with van der Waals surface area (Å²) in [6.45, 7) is -0.183. The Kier molecular flexibility index (Phi) is 18.5. The summed E-state index contributed by atoms with van der Waals surface area (Å²) in [6, 6.07) is -1.67. The number of nitrogens with one attached hydrogen (secondary N) is 1. The van der Waals surface area contributed by atoms with Crippen LogP contribution < -0.4 is 5.32 Å². The number of hydrogen-bond donors (Lipinski definition) is 16. The van der Waals surface area contributed by atoms with E-state index in [0.29, 0.717) is 0 Å². The topological polar surface area (TPSA) is 425 Å². The Bertz CT molecular complexity index is 1380. The van der Waals surface area contributed by atoms with Crippen molar-refractivity contribution in [1.82, 2.24) is 5.32 Å². The summed E-state index contributed by atoms with van der Waals surface area (Å²) in [5, 5.41) is 162. The Morgan fingerprint density at radius 2 is 0.790 bits per heavy atom. The average Bonchev–Trinajstić information content (AvgIpc) is 3.23. The number of rotatable bonds is 16. The van der Waals surface area contributed by atoms with Crippen LogP contribution in [0.4, 0.5) is 0 Å². The molecule has 5 heterocycles. The molecule has 5 aliphatic rings. The van der Waals surface area contributed by atoms with Crippen LogP contribution in [-0.4, -0.2) is 275 Å². The fourth-order valence-corrected chi connectivity index (χ4v) is 7.79. The van der Waals surface area contributed by atoms with Crippen LogP contribution in [0.2, 0.25) is 0 Å². The third-order valence-electron chi connectivity index (χ3n) is 11.1. The molecule has 5 saturated heterocycles. The van der Waals surface area contributed by atoms with Gasteiger partial charge >= 0.3 is 0 Å². The van der Waals surface area contributed by atoms with E-state index in [2.05, 4.69) is 5.32 Å². The molecule has 16 N–H and O–H groups in total. The third kappa shape index (κ3) is 11.0. The normalized spacial score (nSPS) is 49.2. The summed E-state index contributed by atoms with van der Waals surface area (Å²) in [5.41, 5.74) is 0. The van der Waals surface area contributed by atoms with Crippen molar-refractivity contribution in [2.24, 2.45) is 0 Å². The molecule has 0 aliphatic carbocycles. The number of carbonyl (C=O) groups excluding carboxylic acids is 1. The monoisotopic (exact) mass is 911 g/mol. The number of aliphatic hydroxyl groups excluding tert-OH is 15. The quantitative estimate of drug-likeness (QED) is 0.0683. The van der Waals surface area contributed by atoms with E-state index in [9.17, 15) is 81.4 Å². The van der Waals surface area contributed by atoms with Gasteiger partial charge in [-0.3, -0.25) is 4.79 Å². The second-order valence-electron chi connectivity index (χ2n) is 15.8. The zero-order valence-electron chi connectivity index (χ0n) is 33.7. The molecule has 1 amide bonds. The highest BCUT2D eigenvalue weighted by Crippen LogP contribution is 2.36. The molecule has 0 spiro atoms. The van der Waals surface area contributed by atoms with Crippen LogP contribution in [0.5, 0.6) is 0 Å². The molecule has 27 nitrogen and oxygen atoms in total. The molecule has 5 rings (SSSR count). The van der Waals surface area contributed by atoms with E-state index in [4.69, 9.17) is 47.4 Å². The van der Waals surface area contributed by atoms with Crippen LogP contribution in [0, 0.1) is 0 Å². The minimum atomic E-state index is -2.14. The maximum Gasteiger partial charge on any atom is 0.217 e. The van der Waals surface area contributed by atoms with Gasteiger partial charge in [-0.1, -0.05) is 0 Å². The fourth-order valence-electron chi connectivity index (χ4n) is 7.79. The average molecular weight is 912 g/mol. The van der Waals surface area contributed by atoms with Crippen LogP contribution in [0.3, 0.4) is 0 Å². The molecule has 5 fully saturated rings. The summed E-state index contributed by atoms with van der Waals surface area (Å²) >= 11 is 0. The largest absolute Gasteiger partial charge is 0.394 e. The van der Waals surface area contributed by atoms with Crippen molar-refractivity contribution in [1.29, 1.82) is 0 Å². The van der Waals surface area contributed by atoms with Crippen molar-refractivity contribution in [2.45, 2.75) is 180 Å². The molecule has 0 bridgehead atoms. The van der Waals surface area contributed by atoms with Crippen molar-refractivity contribution in [3.8, 4) is 0 Å². The number of carbonyl (C=O) groups is 1. The lowest BCUT2D eigenvalue weighted by Gasteiger charge is -2.50. The molecular formula is C35H61NO26. The van der Waals surface area contributed by atoms with Crippen molar-refractivity contribution < 1.29 is 129 Å². The lowest BCUT2D eigenvalue weighted by molar-refractivity contribution is -0.389. The standard InChI is InChI=1S/C35H61NO26/c1-9(2)53-32-24(50)21(47)27(14(7-40)57-32)59-34-25(51)22(48)28(15(8-41)58-34)60-35-26(52)30(19(45)13(6-39)56-35)62-31-16(36-10(3)42)29(18(44)12(5-38)54-31)61-33-23(49)20(46)17(43)11(4-37)55-33/h9,11-35,37-41,43-52H,4-8H2,1-3H3,(H,36,42)/t11?,12?,13?,14?,15?,16-,17-,18-,19-,20?,21?,22?,23-,24-,25-,26-,27+,28-,29?,30?,31-,32+,33-,34-,35+/m0/s1. The van der Waals surface area contributed by atoms with Crippen molar-refractivity contribution in [3.63, 3.8) is 0 Å². The Morgan fingerprint density at radius 1 is 0.435 bits per heavy atom. The van der Waals surface area contributed by atoms with Gasteiger partial charge in [0, 0.05) is 6.92 Å². The van der Waals surface area contributed by atoms with Gasteiger partial charge in [0.25, 0.3) is 0 Å². The summed E-state index contributed by atoms with van der Waals surface area (Å²) in [6.07, 6.45) is -43.6. The summed E-state index contributed by atoms with van der Waals surface area (Å²) < 4.78 is 56.6. The van der Waals surface area contributed by atoms with Crippen LogP contribution in [0.15, 0.2) is 0 Å².